The van der Waals surface area contributed by atoms with E-state index < -0.39 is 0 Å². The van der Waals surface area contributed by atoms with Crippen molar-refractivity contribution < 1.29 is 14.6 Å². The van der Waals surface area contributed by atoms with Crippen molar-refractivity contribution in [1.82, 2.24) is 0 Å². The van der Waals surface area contributed by atoms with Crippen LogP contribution in [0.15, 0.2) is 18.2 Å². The van der Waals surface area contributed by atoms with Crippen LogP contribution in [0.5, 0.6) is 11.5 Å². The van der Waals surface area contributed by atoms with E-state index in [-0.39, 0.29) is 17.6 Å². The fourth-order valence-electron chi connectivity index (χ4n) is 2.89. The van der Waals surface area contributed by atoms with Crippen LogP contribution in [0.4, 0.5) is 0 Å². The Balaban J connectivity index is 2.06. The zero-order valence-electron chi connectivity index (χ0n) is 8.98. The second-order valence-electron chi connectivity index (χ2n) is 4.64. The Morgan fingerprint density at radius 2 is 1.94 bits per heavy atom. The molecule has 3 nitrogen and oxygen atoms in total. The third-order valence-electron chi connectivity index (χ3n) is 3.68. The topological polar surface area (TPSA) is 46.5 Å². The van der Waals surface area contributed by atoms with Crippen LogP contribution in [-0.2, 0) is 4.79 Å². The molecule has 0 bridgehead atoms. The summed E-state index contributed by atoms with van der Waals surface area (Å²) in [6.07, 6.45) is 4.28. The second kappa shape index (κ2) is 3.51. The number of phenolic OH excluding ortho intramolecular Hbond substituents is 1. The summed E-state index contributed by atoms with van der Waals surface area (Å²) < 4.78 is 5.28. The molecule has 3 heteroatoms. The normalized spacial score (nSPS) is 27.9. The summed E-state index contributed by atoms with van der Waals surface area (Å²) in [5, 5.41) is 9.38. The van der Waals surface area contributed by atoms with E-state index in [2.05, 4.69) is 0 Å². The van der Waals surface area contributed by atoms with Crippen LogP contribution < -0.4 is 4.74 Å². The number of ether oxygens (including phenoxy) is 1. The molecule has 84 valence electrons. The van der Waals surface area contributed by atoms with Gasteiger partial charge in [-0.2, -0.15) is 0 Å². The minimum atomic E-state index is -0.122. The van der Waals surface area contributed by atoms with E-state index in [9.17, 15) is 9.90 Å². The number of esters is 1. The molecule has 2 aliphatic rings. The van der Waals surface area contributed by atoms with E-state index in [0.29, 0.717) is 11.7 Å². The highest BCUT2D eigenvalue weighted by Gasteiger charge is 2.38. The van der Waals surface area contributed by atoms with Crippen LogP contribution in [0.1, 0.15) is 37.2 Å². The van der Waals surface area contributed by atoms with Gasteiger partial charge in [-0.3, -0.25) is 4.79 Å². The van der Waals surface area contributed by atoms with Crippen molar-refractivity contribution in [2.45, 2.75) is 31.6 Å². The molecule has 1 aliphatic carbocycles. The molecule has 0 aromatic heterocycles. The molecule has 1 fully saturated rings. The first kappa shape index (κ1) is 9.70. The van der Waals surface area contributed by atoms with E-state index in [1.165, 1.54) is 12.5 Å². The minimum absolute atomic E-state index is 0.0331. The molecule has 1 saturated carbocycles. The fourth-order valence-corrected chi connectivity index (χ4v) is 2.89. The number of hydrogen-bond acceptors (Lipinski definition) is 3. The molecule has 1 aliphatic heterocycles. The van der Waals surface area contributed by atoms with Gasteiger partial charge in [0.05, 0.1) is 5.92 Å². The fraction of sp³-hybridized carbons (Fsp3) is 0.462. The molecular weight excluding hydrogens is 204 g/mol. The van der Waals surface area contributed by atoms with Gasteiger partial charge in [0.2, 0.25) is 0 Å². The van der Waals surface area contributed by atoms with Crippen LogP contribution in [0.2, 0.25) is 0 Å². The summed E-state index contributed by atoms with van der Waals surface area (Å²) in [5.74, 6) is 0.910. The number of fused-ring (bicyclic) bond motifs is 3. The third kappa shape index (κ3) is 1.39. The Morgan fingerprint density at radius 1 is 1.19 bits per heavy atom. The maximum Gasteiger partial charge on any atom is 0.314 e. The van der Waals surface area contributed by atoms with Gasteiger partial charge in [-0.25, -0.2) is 0 Å². The highest BCUT2D eigenvalue weighted by Crippen LogP contribution is 2.46. The Labute approximate surface area is 94.0 Å². The van der Waals surface area contributed by atoms with E-state index in [1.54, 1.807) is 6.07 Å². The first-order valence-electron chi connectivity index (χ1n) is 5.80. The van der Waals surface area contributed by atoms with Gasteiger partial charge in [0.15, 0.2) is 0 Å². The predicted octanol–water partition coefficient (Wildman–Crippen LogP) is 2.59. The quantitative estimate of drug-likeness (QED) is 0.537. The molecule has 16 heavy (non-hydrogen) atoms. The average molecular weight is 218 g/mol. The Hall–Kier alpha value is -1.51. The lowest BCUT2D eigenvalue weighted by Gasteiger charge is -2.35. The first-order valence-corrected chi connectivity index (χ1v) is 5.80. The summed E-state index contributed by atoms with van der Waals surface area (Å²) in [4.78, 5) is 11.8. The van der Waals surface area contributed by atoms with Gasteiger partial charge in [0.1, 0.15) is 11.5 Å². The van der Waals surface area contributed by atoms with E-state index in [0.717, 1.165) is 24.8 Å². The van der Waals surface area contributed by atoms with Crippen LogP contribution in [0.25, 0.3) is 0 Å². The zero-order chi connectivity index (χ0) is 11.1. The molecule has 2 atom stereocenters. The van der Waals surface area contributed by atoms with Crippen molar-refractivity contribution in [3.8, 4) is 11.5 Å². The molecule has 0 spiro atoms. The summed E-state index contributed by atoms with van der Waals surface area (Å²) in [6, 6.07) is 5.10. The molecule has 1 heterocycles. The number of aromatic hydroxyl groups is 1. The van der Waals surface area contributed by atoms with Crippen LogP contribution in [0.3, 0.4) is 0 Å². The number of rotatable bonds is 0. The molecule has 1 aromatic rings. The minimum Gasteiger partial charge on any atom is -0.508 e. The largest absolute Gasteiger partial charge is 0.508 e. The van der Waals surface area contributed by atoms with Crippen molar-refractivity contribution in [2.24, 2.45) is 5.92 Å². The molecule has 3 rings (SSSR count). The highest BCUT2D eigenvalue weighted by atomic mass is 16.5. The average Bonchev–Trinajstić information content (AvgIpc) is 2.29. The summed E-state index contributed by atoms with van der Waals surface area (Å²) >= 11 is 0. The summed E-state index contributed by atoms with van der Waals surface area (Å²) in [7, 11) is 0. The molecule has 0 amide bonds. The number of carbonyl (C=O) groups is 1. The maximum absolute atomic E-state index is 11.8. The predicted molar refractivity (Wildman–Crippen MR) is 58.4 cm³/mol. The molecule has 0 saturated heterocycles. The van der Waals surface area contributed by atoms with Gasteiger partial charge in [0.25, 0.3) is 0 Å². The number of benzene rings is 1. The van der Waals surface area contributed by atoms with Crippen LogP contribution >= 0.6 is 0 Å². The summed E-state index contributed by atoms with van der Waals surface area (Å²) in [5.41, 5.74) is 1.09. The van der Waals surface area contributed by atoms with Crippen molar-refractivity contribution >= 4 is 5.97 Å². The lowest BCUT2D eigenvalue weighted by molar-refractivity contribution is -0.142. The number of carbonyl (C=O) groups excluding carboxylic acids is 1. The number of hydrogen-bond donors (Lipinski definition) is 1. The van der Waals surface area contributed by atoms with Crippen molar-refractivity contribution in [2.75, 3.05) is 0 Å². The smallest absolute Gasteiger partial charge is 0.314 e. The third-order valence-corrected chi connectivity index (χ3v) is 3.68. The van der Waals surface area contributed by atoms with E-state index >= 15 is 0 Å². The number of phenols is 1. The van der Waals surface area contributed by atoms with Gasteiger partial charge in [-0.15, -0.1) is 0 Å². The molecule has 0 unspecified atom stereocenters. The monoisotopic (exact) mass is 218 g/mol. The Morgan fingerprint density at radius 3 is 2.75 bits per heavy atom. The van der Waals surface area contributed by atoms with Gasteiger partial charge < -0.3 is 9.84 Å². The van der Waals surface area contributed by atoms with Gasteiger partial charge in [0, 0.05) is 12.0 Å². The van der Waals surface area contributed by atoms with E-state index in [4.69, 9.17) is 4.74 Å². The van der Waals surface area contributed by atoms with Gasteiger partial charge >= 0.3 is 5.97 Å². The second-order valence-corrected chi connectivity index (χ2v) is 4.64. The molecule has 0 radical (unpaired) electrons. The lowest BCUT2D eigenvalue weighted by atomic mass is 9.74. The maximum atomic E-state index is 11.8. The molecule has 1 aromatic carbocycles. The van der Waals surface area contributed by atoms with E-state index in [1.807, 2.05) is 6.07 Å². The van der Waals surface area contributed by atoms with Crippen molar-refractivity contribution in [1.29, 1.82) is 0 Å². The Kier molecular flexibility index (Phi) is 2.13. The standard InChI is InChI=1S/C13H14O3/c14-8-5-6-10-9-3-1-2-4-11(9)13(15)16-12(10)7-8/h5-7,9,11,14H,1-4H2/t9-,11-/m0/s1. The van der Waals surface area contributed by atoms with Crippen molar-refractivity contribution in [3.63, 3.8) is 0 Å². The molecule has 1 N–H and O–H groups in total. The van der Waals surface area contributed by atoms with Crippen molar-refractivity contribution in [3.05, 3.63) is 23.8 Å². The SMILES string of the molecule is O=C1Oc2cc(O)ccc2[C@@H]2CCCC[C@H]12. The van der Waals surface area contributed by atoms with Crippen LogP contribution in [0, 0.1) is 5.92 Å². The zero-order valence-corrected chi connectivity index (χ0v) is 8.98. The first-order chi connectivity index (χ1) is 7.75. The lowest BCUT2D eigenvalue weighted by Crippen LogP contribution is -2.33. The molecular formula is C13H14O3. The van der Waals surface area contributed by atoms with Gasteiger partial charge in [-0.05, 0) is 24.5 Å². The highest BCUT2D eigenvalue weighted by molar-refractivity contribution is 5.79. The van der Waals surface area contributed by atoms with Crippen LogP contribution in [-0.4, -0.2) is 11.1 Å². The summed E-state index contributed by atoms with van der Waals surface area (Å²) in [6.45, 7) is 0. The van der Waals surface area contributed by atoms with Gasteiger partial charge in [-0.1, -0.05) is 18.9 Å². The Bertz CT molecular complexity index is 439.